The molecule has 194 valence electrons. The van der Waals surface area contributed by atoms with Gasteiger partial charge in [0.25, 0.3) is 0 Å². The van der Waals surface area contributed by atoms with Crippen molar-refractivity contribution in [2.24, 2.45) is 0 Å². The van der Waals surface area contributed by atoms with Crippen LogP contribution >= 0.6 is 0 Å². The predicted molar refractivity (Wildman–Crippen MR) is 143 cm³/mol. The van der Waals surface area contributed by atoms with Crippen LogP contribution < -0.4 is 15.0 Å². The second kappa shape index (κ2) is 8.88. The lowest BCUT2D eigenvalue weighted by atomic mass is 9.95. The molecule has 2 aromatic heterocycles. The number of aromatic nitrogens is 3. The van der Waals surface area contributed by atoms with Gasteiger partial charge in [-0.3, -0.25) is 9.88 Å². The quantitative estimate of drug-likeness (QED) is 0.555. The van der Waals surface area contributed by atoms with Crippen molar-refractivity contribution in [3.63, 3.8) is 0 Å². The molecule has 1 N–H and O–H groups in total. The average Bonchev–Trinajstić information content (AvgIpc) is 3.58. The second-order valence-electron chi connectivity index (χ2n) is 11.5. The molecule has 0 amide bonds. The Labute approximate surface area is 217 Å². The number of pyridine rings is 1. The van der Waals surface area contributed by atoms with Crippen molar-refractivity contribution < 1.29 is 9.13 Å². The molecular weight excluding hydrogens is 467 g/mol. The number of ether oxygens (including phenoxy) is 1. The summed E-state index contributed by atoms with van der Waals surface area (Å²) >= 11 is 0. The number of rotatable bonds is 5. The largest absolute Gasteiger partial charge is 0.461 e. The normalized spacial score (nSPS) is 24.7. The lowest BCUT2D eigenvalue weighted by molar-refractivity contribution is 0.108. The number of hydrogen-bond donors (Lipinski definition) is 1. The van der Waals surface area contributed by atoms with Crippen molar-refractivity contribution in [2.45, 2.75) is 70.0 Å². The zero-order chi connectivity index (χ0) is 25.1. The van der Waals surface area contributed by atoms with Crippen LogP contribution in [0, 0.1) is 19.7 Å². The van der Waals surface area contributed by atoms with Crippen LogP contribution in [0.3, 0.4) is 0 Å². The summed E-state index contributed by atoms with van der Waals surface area (Å²) < 4.78 is 22.6. The van der Waals surface area contributed by atoms with E-state index in [1.165, 1.54) is 12.8 Å². The van der Waals surface area contributed by atoms with Crippen LogP contribution in [0.25, 0.3) is 22.2 Å². The van der Waals surface area contributed by atoms with Gasteiger partial charge in [0.05, 0.1) is 10.9 Å². The van der Waals surface area contributed by atoms with Gasteiger partial charge in [0.1, 0.15) is 23.6 Å². The van der Waals surface area contributed by atoms with Gasteiger partial charge >= 0.3 is 6.01 Å². The summed E-state index contributed by atoms with van der Waals surface area (Å²) in [6.45, 7) is 8.58. The molecule has 7 nitrogen and oxygen atoms in total. The van der Waals surface area contributed by atoms with Crippen molar-refractivity contribution in [1.82, 2.24) is 25.2 Å². The van der Waals surface area contributed by atoms with Crippen LogP contribution in [0.15, 0.2) is 24.4 Å². The monoisotopic (exact) mass is 502 g/mol. The first-order chi connectivity index (χ1) is 18.0. The number of nitrogens with one attached hydrogen (secondary N) is 1. The topological polar surface area (TPSA) is 66.4 Å². The zero-order valence-electron chi connectivity index (χ0n) is 21.8. The molecular formula is C29H35FN6O. The fraction of sp³-hybridized carbons (Fsp3) is 0.552. The molecule has 3 aromatic rings. The van der Waals surface area contributed by atoms with E-state index in [9.17, 15) is 0 Å². The summed E-state index contributed by atoms with van der Waals surface area (Å²) in [7, 11) is 0. The molecule has 6 heterocycles. The van der Waals surface area contributed by atoms with Crippen molar-refractivity contribution in [2.75, 3.05) is 37.7 Å². The Hall–Kier alpha value is -2.84. The fourth-order valence-corrected chi connectivity index (χ4v) is 7.15. The molecule has 7 rings (SSSR count). The minimum absolute atomic E-state index is 0.0766. The number of piperazine rings is 1. The summed E-state index contributed by atoms with van der Waals surface area (Å²) in [6, 6.07) is 7.07. The van der Waals surface area contributed by atoms with Gasteiger partial charge in [-0.2, -0.15) is 9.97 Å². The number of nitrogens with zero attached hydrogens (tertiary/aromatic N) is 5. The van der Waals surface area contributed by atoms with E-state index in [0.29, 0.717) is 35.3 Å². The highest BCUT2D eigenvalue weighted by Gasteiger charge is 2.45. The summed E-state index contributed by atoms with van der Waals surface area (Å²) in [6.07, 6.45) is 8.78. The third-order valence-corrected chi connectivity index (χ3v) is 9.30. The summed E-state index contributed by atoms with van der Waals surface area (Å²) in [4.78, 5) is 19.1. The Balaban J connectivity index is 1.32. The molecule has 1 aromatic carbocycles. The van der Waals surface area contributed by atoms with Gasteiger partial charge in [0, 0.05) is 36.9 Å². The van der Waals surface area contributed by atoms with Gasteiger partial charge in [-0.05, 0) is 76.6 Å². The van der Waals surface area contributed by atoms with Crippen LogP contribution in [0.4, 0.5) is 10.2 Å². The standard InChI is InChI=1S/C29H35FN6O/c1-18-6-3-7-22(19(18)2)25-24(30)26-23(14-31-25)27(35-15-20-8-9-21(16-35)32-20)34-28(33-26)37-17-29-10-4-12-36(29)13-5-11-29/h3,6-7,14,20-21,32H,4-5,8-13,15-17H2,1-2H3/t20-,21+. The van der Waals surface area contributed by atoms with E-state index < -0.39 is 5.82 Å². The molecule has 0 radical (unpaired) electrons. The number of anilines is 1. The number of halogens is 1. The van der Waals surface area contributed by atoms with Crippen LogP contribution in [0.5, 0.6) is 6.01 Å². The number of hydrogen-bond acceptors (Lipinski definition) is 7. The summed E-state index contributed by atoms with van der Waals surface area (Å²) in [5.74, 6) is 0.337. The van der Waals surface area contributed by atoms with E-state index in [-0.39, 0.29) is 11.5 Å². The van der Waals surface area contributed by atoms with Crippen LogP contribution in [0.1, 0.15) is 49.7 Å². The molecule has 0 unspecified atom stereocenters. The van der Waals surface area contributed by atoms with Gasteiger partial charge < -0.3 is 15.0 Å². The maximum atomic E-state index is 16.3. The van der Waals surface area contributed by atoms with Gasteiger partial charge in [0.15, 0.2) is 5.82 Å². The minimum atomic E-state index is -0.403. The molecule has 0 spiro atoms. The van der Waals surface area contributed by atoms with Crippen molar-refractivity contribution in [1.29, 1.82) is 0 Å². The number of fused-ring (bicyclic) bond motifs is 4. The molecule has 4 aliphatic rings. The smallest absolute Gasteiger partial charge is 0.319 e. The first-order valence-electron chi connectivity index (χ1n) is 13.8. The van der Waals surface area contributed by atoms with Gasteiger partial charge in [-0.25, -0.2) is 4.39 Å². The molecule has 2 bridgehead atoms. The Kier molecular flexibility index (Phi) is 5.59. The number of benzene rings is 1. The molecule has 37 heavy (non-hydrogen) atoms. The van der Waals surface area contributed by atoms with Gasteiger partial charge in [0.2, 0.25) is 0 Å². The highest BCUT2D eigenvalue weighted by molar-refractivity contribution is 5.92. The Bertz CT molecular complexity index is 1340. The van der Waals surface area contributed by atoms with Crippen LogP contribution in [-0.4, -0.2) is 70.3 Å². The molecule has 4 fully saturated rings. The highest BCUT2D eigenvalue weighted by Crippen LogP contribution is 2.40. The first-order valence-corrected chi connectivity index (χ1v) is 13.8. The predicted octanol–water partition coefficient (Wildman–Crippen LogP) is 4.40. The van der Waals surface area contributed by atoms with Crippen LogP contribution in [0.2, 0.25) is 0 Å². The zero-order valence-corrected chi connectivity index (χ0v) is 21.8. The van der Waals surface area contributed by atoms with Crippen molar-refractivity contribution in [3.8, 4) is 17.3 Å². The first kappa shape index (κ1) is 23.3. The average molecular weight is 503 g/mol. The van der Waals surface area contributed by atoms with E-state index in [2.05, 4.69) is 25.1 Å². The molecule has 8 heteroatoms. The molecule has 0 saturated carbocycles. The van der Waals surface area contributed by atoms with Gasteiger partial charge in [-0.1, -0.05) is 18.2 Å². The van der Waals surface area contributed by atoms with E-state index in [4.69, 9.17) is 9.72 Å². The third kappa shape index (κ3) is 3.87. The fourth-order valence-electron chi connectivity index (χ4n) is 7.15. The van der Waals surface area contributed by atoms with Crippen molar-refractivity contribution in [3.05, 3.63) is 41.3 Å². The molecule has 2 atom stereocenters. The summed E-state index contributed by atoms with van der Waals surface area (Å²) in [5.41, 5.74) is 3.64. The molecule has 4 aliphatic heterocycles. The third-order valence-electron chi connectivity index (χ3n) is 9.30. The lowest BCUT2D eigenvalue weighted by Gasteiger charge is -2.34. The lowest BCUT2D eigenvalue weighted by Crippen LogP contribution is -2.51. The van der Waals surface area contributed by atoms with Crippen molar-refractivity contribution >= 4 is 16.7 Å². The van der Waals surface area contributed by atoms with Gasteiger partial charge in [-0.15, -0.1) is 0 Å². The van der Waals surface area contributed by atoms with E-state index in [0.717, 1.165) is 74.4 Å². The SMILES string of the molecule is Cc1cccc(-c2ncc3c(N4C[C@H]5CC[C@@H](C4)N5)nc(OCC45CCCN4CCC5)nc3c2F)c1C. The second-order valence-corrected chi connectivity index (χ2v) is 11.5. The number of aryl methyl sites for hydroxylation is 1. The maximum absolute atomic E-state index is 16.3. The van der Waals surface area contributed by atoms with E-state index in [1.807, 2.05) is 32.0 Å². The molecule has 4 saturated heterocycles. The van der Waals surface area contributed by atoms with E-state index >= 15 is 4.39 Å². The Morgan fingerprint density at radius 3 is 2.59 bits per heavy atom. The maximum Gasteiger partial charge on any atom is 0.319 e. The van der Waals surface area contributed by atoms with Crippen LogP contribution in [-0.2, 0) is 0 Å². The highest BCUT2D eigenvalue weighted by atomic mass is 19.1. The Morgan fingerprint density at radius 1 is 1.08 bits per heavy atom. The minimum Gasteiger partial charge on any atom is -0.461 e. The van der Waals surface area contributed by atoms with E-state index in [1.54, 1.807) is 6.20 Å². The molecule has 0 aliphatic carbocycles. The summed E-state index contributed by atoms with van der Waals surface area (Å²) in [5, 5.41) is 4.34. The Morgan fingerprint density at radius 2 is 1.84 bits per heavy atom.